The summed E-state index contributed by atoms with van der Waals surface area (Å²) in [5.74, 6) is 1.83. The van der Waals surface area contributed by atoms with Crippen molar-refractivity contribution in [2.45, 2.75) is 39.2 Å². The standard InChI is InChI=1S/C21H32N4O2/c1-3-22-21(25(2)14-17-10-11-27-15-17)23-13-16-6-4-9-19(12-16)24-20(26)18-7-5-8-18/h4,6,9,12,17-18H,3,5,7-8,10-11,13-15H2,1-2H3,(H,22,23)(H,24,26). The minimum Gasteiger partial charge on any atom is -0.381 e. The smallest absolute Gasteiger partial charge is 0.227 e. The number of ether oxygens (including phenoxy) is 1. The molecule has 1 aliphatic carbocycles. The van der Waals surface area contributed by atoms with Crippen LogP contribution in [0.2, 0.25) is 0 Å². The molecule has 1 aliphatic heterocycles. The quantitative estimate of drug-likeness (QED) is 0.571. The molecular weight excluding hydrogens is 340 g/mol. The van der Waals surface area contributed by atoms with Crippen LogP contribution >= 0.6 is 0 Å². The van der Waals surface area contributed by atoms with Crippen LogP contribution in [0.4, 0.5) is 5.69 Å². The van der Waals surface area contributed by atoms with E-state index in [0.29, 0.717) is 12.5 Å². The van der Waals surface area contributed by atoms with Gasteiger partial charge in [0.15, 0.2) is 5.96 Å². The zero-order valence-electron chi connectivity index (χ0n) is 16.5. The average Bonchev–Trinajstić information content (AvgIpc) is 3.10. The summed E-state index contributed by atoms with van der Waals surface area (Å²) < 4.78 is 5.48. The van der Waals surface area contributed by atoms with Crippen LogP contribution in [0.25, 0.3) is 0 Å². The lowest BCUT2D eigenvalue weighted by Gasteiger charge is -2.24. The minimum absolute atomic E-state index is 0.147. The van der Waals surface area contributed by atoms with E-state index < -0.39 is 0 Å². The van der Waals surface area contributed by atoms with Gasteiger partial charge in [0, 0.05) is 44.3 Å². The molecule has 0 spiro atoms. The third kappa shape index (κ3) is 5.70. The maximum absolute atomic E-state index is 12.1. The first-order chi connectivity index (χ1) is 13.2. The van der Waals surface area contributed by atoms with Crippen molar-refractivity contribution in [2.24, 2.45) is 16.8 Å². The molecule has 1 heterocycles. The van der Waals surface area contributed by atoms with Crippen molar-refractivity contribution in [1.29, 1.82) is 0 Å². The van der Waals surface area contributed by atoms with Crippen molar-refractivity contribution in [3.05, 3.63) is 29.8 Å². The molecule has 2 N–H and O–H groups in total. The van der Waals surface area contributed by atoms with E-state index in [1.54, 1.807) is 0 Å². The largest absolute Gasteiger partial charge is 0.381 e. The fraction of sp³-hybridized carbons (Fsp3) is 0.619. The van der Waals surface area contributed by atoms with Crippen molar-refractivity contribution >= 4 is 17.6 Å². The van der Waals surface area contributed by atoms with E-state index in [9.17, 15) is 4.79 Å². The molecule has 1 aromatic rings. The van der Waals surface area contributed by atoms with Gasteiger partial charge in [0.25, 0.3) is 0 Å². The Morgan fingerprint density at radius 1 is 1.33 bits per heavy atom. The summed E-state index contributed by atoms with van der Waals surface area (Å²) in [4.78, 5) is 19.1. The zero-order chi connectivity index (χ0) is 19.1. The molecule has 1 aromatic carbocycles. The van der Waals surface area contributed by atoms with Gasteiger partial charge < -0.3 is 20.3 Å². The SMILES string of the molecule is CCNC(=NCc1cccc(NC(=O)C2CCC2)c1)N(C)CC1CCOC1. The molecule has 6 nitrogen and oxygen atoms in total. The van der Waals surface area contributed by atoms with Gasteiger partial charge in [-0.1, -0.05) is 18.6 Å². The molecule has 0 bridgehead atoms. The third-order valence-electron chi connectivity index (χ3n) is 5.33. The molecule has 3 rings (SSSR count). The predicted octanol–water partition coefficient (Wildman–Crippen LogP) is 2.86. The van der Waals surface area contributed by atoms with Crippen molar-refractivity contribution < 1.29 is 9.53 Å². The van der Waals surface area contributed by atoms with Crippen LogP contribution in [-0.4, -0.2) is 50.1 Å². The van der Waals surface area contributed by atoms with Crippen LogP contribution in [0.15, 0.2) is 29.3 Å². The van der Waals surface area contributed by atoms with E-state index in [1.165, 1.54) is 6.42 Å². The molecule has 148 valence electrons. The number of nitrogens with zero attached hydrogens (tertiary/aromatic N) is 2. The van der Waals surface area contributed by atoms with Gasteiger partial charge >= 0.3 is 0 Å². The molecule has 0 aromatic heterocycles. The number of amides is 1. The second-order valence-electron chi connectivity index (χ2n) is 7.60. The average molecular weight is 373 g/mol. The summed E-state index contributed by atoms with van der Waals surface area (Å²) in [5.41, 5.74) is 1.95. The van der Waals surface area contributed by atoms with Crippen LogP contribution in [0, 0.1) is 11.8 Å². The maximum atomic E-state index is 12.1. The molecule has 1 atom stereocenters. The molecule has 1 saturated heterocycles. The number of carbonyl (C=O) groups is 1. The van der Waals surface area contributed by atoms with Crippen LogP contribution < -0.4 is 10.6 Å². The molecule has 27 heavy (non-hydrogen) atoms. The van der Waals surface area contributed by atoms with Crippen LogP contribution in [0.1, 0.15) is 38.2 Å². The lowest BCUT2D eigenvalue weighted by molar-refractivity contribution is -0.122. The number of hydrogen-bond acceptors (Lipinski definition) is 3. The first kappa shape index (κ1) is 19.7. The van der Waals surface area contributed by atoms with E-state index in [2.05, 4.69) is 35.6 Å². The van der Waals surface area contributed by atoms with Crippen LogP contribution in [0.3, 0.4) is 0 Å². The highest BCUT2D eigenvalue weighted by molar-refractivity contribution is 5.93. The molecular formula is C21H32N4O2. The summed E-state index contributed by atoms with van der Waals surface area (Å²) >= 11 is 0. The van der Waals surface area contributed by atoms with Crippen LogP contribution in [0.5, 0.6) is 0 Å². The number of aliphatic imine (C=N–C) groups is 1. The van der Waals surface area contributed by atoms with Gasteiger partial charge in [-0.3, -0.25) is 4.79 Å². The Morgan fingerprint density at radius 2 is 2.19 bits per heavy atom. The fourth-order valence-electron chi connectivity index (χ4n) is 3.50. The Morgan fingerprint density at radius 3 is 2.85 bits per heavy atom. The molecule has 2 aliphatic rings. The number of nitrogens with one attached hydrogen (secondary N) is 2. The molecule has 6 heteroatoms. The van der Waals surface area contributed by atoms with Gasteiger partial charge in [0.05, 0.1) is 13.2 Å². The first-order valence-corrected chi connectivity index (χ1v) is 10.1. The van der Waals surface area contributed by atoms with Gasteiger partial charge in [-0.25, -0.2) is 4.99 Å². The predicted molar refractivity (Wildman–Crippen MR) is 109 cm³/mol. The Balaban J connectivity index is 1.59. The van der Waals surface area contributed by atoms with E-state index in [4.69, 9.17) is 9.73 Å². The van der Waals surface area contributed by atoms with Crippen LogP contribution in [-0.2, 0) is 16.1 Å². The summed E-state index contributed by atoms with van der Waals surface area (Å²) in [6.07, 6.45) is 4.31. The van der Waals surface area contributed by atoms with E-state index >= 15 is 0 Å². The van der Waals surface area contributed by atoms with Crippen molar-refractivity contribution in [1.82, 2.24) is 10.2 Å². The summed E-state index contributed by atoms with van der Waals surface area (Å²) in [6.45, 7) is 6.16. The number of rotatable bonds is 7. The number of anilines is 1. The van der Waals surface area contributed by atoms with Gasteiger partial charge in [0.1, 0.15) is 0 Å². The van der Waals surface area contributed by atoms with Crippen molar-refractivity contribution in [3.63, 3.8) is 0 Å². The Bertz CT molecular complexity index is 651. The third-order valence-corrected chi connectivity index (χ3v) is 5.33. The van der Waals surface area contributed by atoms with Gasteiger partial charge in [0.2, 0.25) is 5.91 Å². The molecule has 1 unspecified atom stereocenters. The fourth-order valence-corrected chi connectivity index (χ4v) is 3.50. The molecule has 2 fully saturated rings. The highest BCUT2D eigenvalue weighted by atomic mass is 16.5. The highest BCUT2D eigenvalue weighted by Crippen LogP contribution is 2.27. The van der Waals surface area contributed by atoms with E-state index in [-0.39, 0.29) is 11.8 Å². The molecule has 1 saturated carbocycles. The first-order valence-electron chi connectivity index (χ1n) is 10.1. The lowest BCUT2D eigenvalue weighted by Crippen LogP contribution is -2.41. The van der Waals surface area contributed by atoms with Gasteiger partial charge in [-0.2, -0.15) is 0 Å². The number of guanidine groups is 1. The lowest BCUT2D eigenvalue weighted by atomic mass is 9.85. The second kappa shape index (κ2) is 9.74. The number of benzene rings is 1. The Kier molecular flexibility index (Phi) is 7.10. The normalized spacial score (nSPS) is 20.2. The monoisotopic (exact) mass is 372 g/mol. The highest BCUT2D eigenvalue weighted by Gasteiger charge is 2.25. The van der Waals surface area contributed by atoms with Gasteiger partial charge in [-0.05, 0) is 43.9 Å². The second-order valence-corrected chi connectivity index (χ2v) is 7.60. The number of hydrogen-bond donors (Lipinski definition) is 2. The number of carbonyl (C=O) groups excluding carboxylic acids is 1. The van der Waals surface area contributed by atoms with E-state index in [1.807, 2.05) is 18.2 Å². The van der Waals surface area contributed by atoms with Crippen molar-refractivity contribution in [2.75, 3.05) is 38.7 Å². The van der Waals surface area contributed by atoms with Crippen molar-refractivity contribution in [3.8, 4) is 0 Å². The summed E-state index contributed by atoms with van der Waals surface area (Å²) in [5, 5.41) is 6.41. The Labute approximate surface area is 162 Å². The maximum Gasteiger partial charge on any atom is 0.227 e. The summed E-state index contributed by atoms with van der Waals surface area (Å²) in [7, 11) is 2.08. The topological polar surface area (TPSA) is 66.0 Å². The van der Waals surface area contributed by atoms with Gasteiger partial charge in [-0.15, -0.1) is 0 Å². The minimum atomic E-state index is 0.147. The van der Waals surface area contributed by atoms with E-state index in [0.717, 1.165) is 62.8 Å². The Hall–Kier alpha value is -2.08. The summed E-state index contributed by atoms with van der Waals surface area (Å²) in [6, 6.07) is 8.00. The molecule has 1 amide bonds. The molecule has 0 radical (unpaired) electrons. The zero-order valence-corrected chi connectivity index (χ0v) is 16.5.